The Morgan fingerprint density at radius 1 is 1.33 bits per heavy atom. The quantitative estimate of drug-likeness (QED) is 0.889. The second kappa shape index (κ2) is 6.77. The Hall–Kier alpha value is -1.10. The Balaban J connectivity index is 1.43. The summed E-state index contributed by atoms with van der Waals surface area (Å²) in [7, 11) is 0. The van der Waals surface area contributed by atoms with E-state index in [9.17, 15) is 4.79 Å². The lowest BCUT2D eigenvalue weighted by Crippen LogP contribution is -2.47. The SMILES string of the molecule is O=C(CN1CCC2NCCC2C1)NCc1ccc(Cl)cc1. The van der Waals surface area contributed by atoms with Crippen molar-refractivity contribution >= 4 is 17.5 Å². The van der Waals surface area contributed by atoms with Crippen molar-refractivity contribution in [2.45, 2.75) is 25.4 Å². The van der Waals surface area contributed by atoms with Gasteiger partial charge in [-0.25, -0.2) is 0 Å². The third-order valence-electron chi connectivity index (χ3n) is 4.51. The lowest BCUT2D eigenvalue weighted by Gasteiger charge is -2.34. The fourth-order valence-corrected chi connectivity index (χ4v) is 3.45. The van der Waals surface area contributed by atoms with E-state index in [4.69, 9.17) is 11.6 Å². The number of carbonyl (C=O) groups is 1. The van der Waals surface area contributed by atoms with Gasteiger partial charge in [-0.15, -0.1) is 0 Å². The van der Waals surface area contributed by atoms with Crippen LogP contribution in [0.1, 0.15) is 18.4 Å². The molecule has 0 aromatic heterocycles. The minimum absolute atomic E-state index is 0.106. The monoisotopic (exact) mass is 307 g/mol. The van der Waals surface area contributed by atoms with Crippen molar-refractivity contribution in [3.05, 3.63) is 34.9 Å². The van der Waals surface area contributed by atoms with Crippen molar-refractivity contribution in [1.82, 2.24) is 15.5 Å². The highest BCUT2D eigenvalue weighted by Gasteiger charge is 2.32. The number of nitrogens with zero attached hydrogens (tertiary/aromatic N) is 1. The highest BCUT2D eigenvalue weighted by Crippen LogP contribution is 2.24. The largest absolute Gasteiger partial charge is 0.351 e. The highest BCUT2D eigenvalue weighted by molar-refractivity contribution is 6.30. The molecule has 0 radical (unpaired) electrons. The van der Waals surface area contributed by atoms with Gasteiger partial charge in [0.05, 0.1) is 6.54 Å². The Labute approximate surface area is 130 Å². The first-order valence-corrected chi connectivity index (χ1v) is 8.05. The van der Waals surface area contributed by atoms with Gasteiger partial charge in [0, 0.05) is 30.7 Å². The standard InChI is InChI=1S/C16H22ClN3O/c17-14-3-1-12(2-4-14)9-19-16(21)11-20-8-6-15-13(10-20)5-7-18-15/h1-4,13,15,18H,5-11H2,(H,19,21). The highest BCUT2D eigenvalue weighted by atomic mass is 35.5. The zero-order chi connectivity index (χ0) is 14.7. The molecule has 2 aliphatic heterocycles. The molecule has 3 rings (SSSR count). The van der Waals surface area contributed by atoms with Gasteiger partial charge in [0.25, 0.3) is 0 Å². The number of hydrogen-bond donors (Lipinski definition) is 2. The fourth-order valence-electron chi connectivity index (χ4n) is 3.33. The summed E-state index contributed by atoms with van der Waals surface area (Å²) in [6.45, 7) is 4.27. The van der Waals surface area contributed by atoms with E-state index in [-0.39, 0.29) is 5.91 Å². The van der Waals surface area contributed by atoms with Crippen molar-refractivity contribution in [3.8, 4) is 0 Å². The summed E-state index contributed by atoms with van der Waals surface area (Å²) in [5.41, 5.74) is 1.08. The van der Waals surface area contributed by atoms with Gasteiger partial charge in [-0.3, -0.25) is 9.69 Å². The van der Waals surface area contributed by atoms with Crippen LogP contribution in [0.5, 0.6) is 0 Å². The first kappa shape index (κ1) is 14.8. The first-order chi connectivity index (χ1) is 10.2. The topological polar surface area (TPSA) is 44.4 Å². The van der Waals surface area contributed by atoms with E-state index in [1.807, 2.05) is 24.3 Å². The van der Waals surface area contributed by atoms with Gasteiger partial charge in [0.2, 0.25) is 5.91 Å². The average molecular weight is 308 g/mol. The van der Waals surface area contributed by atoms with Crippen LogP contribution in [0.25, 0.3) is 0 Å². The van der Waals surface area contributed by atoms with Gasteiger partial charge in [-0.2, -0.15) is 0 Å². The van der Waals surface area contributed by atoms with E-state index in [1.54, 1.807) is 0 Å². The average Bonchev–Trinajstić information content (AvgIpc) is 2.94. The Bertz CT molecular complexity index is 491. The fraction of sp³-hybridized carbons (Fsp3) is 0.562. The number of hydrogen-bond acceptors (Lipinski definition) is 3. The lowest BCUT2D eigenvalue weighted by molar-refractivity contribution is -0.122. The predicted molar refractivity (Wildman–Crippen MR) is 84.3 cm³/mol. The molecular formula is C16H22ClN3O. The number of carbonyl (C=O) groups excluding carboxylic acids is 1. The number of rotatable bonds is 4. The van der Waals surface area contributed by atoms with E-state index in [0.29, 0.717) is 19.1 Å². The van der Waals surface area contributed by atoms with Crippen molar-refractivity contribution in [2.24, 2.45) is 5.92 Å². The molecule has 2 fully saturated rings. The van der Waals surface area contributed by atoms with Crippen molar-refractivity contribution in [1.29, 1.82) is 0 Å². The summed E-state index contributed by atoms with van der Waals surface area (Å²) < 4.78 is 0. The Kier molecular flexibility index (Phi) is 4.78. The number of benzene rings is 1. The lowest BCUT2D eigenvalue weighted by atomic mass is 9.93. The molecular weight excluding hydrogens is 286 g/mol. The van der Waals surface area contributed by atoms with Crippen LogP contribution in [-0.4, -0.2) is 43.0 Å². The van der Waals surface area contributed by atoms with Crippen molar-refractivity contribution in [3.63, 3.8) is 0 Å². The summed E-state index contributed by atoms with van der Waals surface area (Å²) in [5, 5.41) is 7.25. The zero-order valence-corrected chi connectivity index (χ0v) is 12.9. The summed E-state index contributed by atoms with van der Waals surface area (Å²) in [6, 6.07) is 8.26. The second-order valence-corrected chi connectivity index (χ2v) is 6.47. The minimum atomic E-state index is 0.106. The molecule has 0 aliphatic carbocycles. The van der Waals surface area contributed by atoms with E-state index >= 15 is 0 Å². The zero-order valence-electron chi connectivity index (χ0n) is 12.1. The minimum Gasteiger partial charge on any atom is -0.351 e. The van der Waals surface area contributed by atoms with Crippen molar-refractivity contribution < 1.29 is 4.79 Å². The number of amides is 1. The Morgan fingerprint density at radius 2 is 2.14 bits per heavy atom. The van der Waals surface area contributed by atoms with Gasteiger partial charge >= 0.3 is 0 Å². The van der Waals surface area contributed by atoms with Crippen LogP contribution >= 0.6 is 11.6 Å². The molecule has 0 saturated carbocycles. The summed E-state index contributed by atoms with van der Waals surface area (Å²) >= 11 is 5.85. The molecule has 2 atom stereocenters. The number of likely N-dealkylation sites (tertiary alicyclic amines) is 1. The number of fused-ring (bicyclic) bond motifs is 1. The van der Waals surface area contributed by atoms with Crippen LogP contribution in [-0.2, 0) is 11.3 Å². The van der Waals surface area contributed by atoms with E-state index in [2.05, 4.69) is 15.5 Å². The van der Waals surface area contributed by atoms with Crippen LogP contribution in [0.2, 0.25) is 5.02 Å². The molecule has 2 aliphatic rings. The third kappa shape index (κ3) is 3.96. The molecule has 1 aromatic carbocycles. The summed E-state index contributed by atoms with van der Waals surface area (Å²) in [4.78, 5) is 14.3. The second-order valence-electron chi connectivity index (χ2n) is 6.04. The molecule has 0 bridgehead atoms. The normalized spacial score (nSPS) is 25.6. The van der Waals surface area contributed by atoms with Crippen LogP contribution in [0.4, 0.5) is 0 Å². The molecule has 2 N–H and O–H groups in total. The van der Waals surface area contributed by atoms with Crippen molar-refractivity contribution in [2.75, 3.05) is 26.2 Å². The number of halogens is 1. The third-order valence-corrected chi connectivity index (χ3v) is 4.76. The molecule has 114 valence electrons. The van der Waals surface area contributed by atoms with Crippen LogP contribution in [0.3, 0.4) is 0 Å². The Morgan fingerprint density at radius 3 is 2.95 bits per heavy atom. The molecule has 5 heteroatoms. The predicted octanol–water partition coefficient (Wildman–Crippen LogP) is 1.64. The molecule has 0 spiro atoms. The molecule has 21 heavy (non-hydrogen) atoms. The van der Waals surface area contributed by atoms with Crippen LogP contribution in [0, 0.1) is 5.92 Å². The summed E-state index contributed by atoms with van der Waals surface area (Å²) in [6.07, 6.45) is 2.41. The molecule has 2 heterocycles. The van der Waals surface area contributed by atoms with E-state index < -0.39 is 0 Å². The van der Waals surface area contributed by atoms with Gasteiger partial charge in [0.1, 0.15) is 0 Å². The summed E-state index contributed by atoms with van der Waals surface area (Å²) in [5.74, 6) is 0.831. The smallest absolute Gasteiger partial charge is 0.234 e. The van der Waals surface area contributed by atoms with Gasteiger partial charge in [0.15, 0.2) is 0 Å². The van der Waals surface area contributed by atoms with Gasteiger partial charge in [-0.1, -0.05) is 23.7 Å². The molecule has 2 saturated heterocycles. The first-order valence-electron chi connectivity index (χ1n) is 7.67. The maximum absolute atomic E-state index is 12.0. The molecule has 4 nitrogen and oxygen atoms in total. The van der Waals surface area contributed by atoms with Gasteiger partial charge in [-0.05, 0) is 43.0 Å². The van der Waals surface area contributed by atoms with E-state index in [1.165, 1.54) is 6.42 Å². The maximum atomic E-state index is 12.0. The maximum Gasteiger partial charge on any atom is 0.234 e. The molecule has 1 amide bonds. The number of nitrogens with one attached hydrogen (secondary N) is 2. The van der Waals surface area contributed by atoms with Gasteiger partial charge < -0.3 is 10.6 Å². The van der Waals surface area contributed by atoms with Crippen LogP contribution < -0.4 is 10.6 Å². The van der Waals surface area contributed by atoms with Crippen LogP contribution in [0.15, 0.2) is 24.3 Å². The molecule has 1 aromatic rings. The van der Waals surface area contributed by atoms with E-state index in [0.717, 1.165) is 42.6 Å². The molecule has 2 unspecified atom stereocenters. The number of piperidine rings is 1.